The molecule has 0 spiro atoms. The summed E-state index contributed by atoms with van der Waals surface area (Å²) in [6, 6.07) is 7.66. The molecular weight excluding hydrogens is 352 g/mol. The summed E-state index contributed by atoms with van der Waals surface area (Å²) >= 11 is 6.00. The van der Waals surface area contributed by atoms with Crippen LogP contribution < -0.4 is 10.5 Å². The van der Waals surface area contributed by atoms with E-state index in [2.05, 4.69) is 9.97 Å². The van der Waals surface area contributed by atoms with Gasteiger partial charge in [-0.15, -0.1) is 0 Å². The van der Waals surface area contributed by atoms with Gasteiger partial charge in [0.2, 0.25) is 5.91 Å². The average molecular weight is 373 g/mol. The molecule has 1 amide bonds. The minimum atomic E-state index is -0.408. The molecule has 1 aromatic heterocycles. The first-order valence-electron chi connectivity index (χ1n) is 8.94. The van der Waals surface area contributed by atoms with Gasteiger partial charge < -0.3 is 14.8 Å². The summed E-state index contributed by atoms with van der Waals surface area (Å²) in [6.07, 6.45) is 5.94. The number of nitrogens with one attached hydrogen (secondary N) is 1. The van der Waals surface area contributed by atoms with E-state index in [1.54, 1.807) is 6.20 Å². The van der Waals surface area contributed by atoms with Crippen molar-refractivity contribution in [2.24, 2.45) is 0 Å². The minimum Gasteiger partial charge on any atom is -0.348 e. The van der Waals surface area contributed by atoms with E-state index in [9.17, 15) is 9.59 Å². The van der Waals surface area contributed by atoms with Gasteiger partial charge in [-0.2, -0.15) is 0 Å². The van der Waals surface area contributed by atoms with E-state index >= 15 is 0 Å². The molecule has 1 saturated carbocycles. The smallest absolute Gasteiger partial charge is 0.290 e. The lowest BCUT2D eigenvalue weighted by Gasteiger charge is -2.46. The maximum absolute atomic E-state index is 13.3. The molecule has 7 heteroatoms. The Morgan fingerprint density at radius 3 is 2.38 bits per heavy atom. The van der Waals surface area contributed by atoms with E-state index in [0.29, 0.717) is 37.0 Å². The molecule has 0 radical (unpaired) electrons. The highest BCUT2D eigenvalue weighted by Gasteiger charge is 2.48. The highest BCUT2D eigenvalue weighted by Crippen LogP contribution is 2.45. The van der Waals surface area contributed by atoms with Crippen molar-refractivity contribution in [1.82, 2.24) is 14.9 Å². The molecule has 6 nitrogen and oxygen atoms in total. The summed E-state index contributed by atoms with van der Waals surface area (Å²) in [5.41, 5.74) is 0.459. The predicted octanol–water partition coefficient (Wildman–Crippen LogP) is 2.19. The Morgan fingerprint density at radius 1 is 1.12 bits per heavy atom. The largest absolute Gasteiger partial charge is 0.348 e. The van der Waals surface area contributed by atoms with Crippen molar-refractivity contribution in [2.75, 3.05) is 31.1 Å². The van der Waals surface area contributed by atoms with Gasteiger partial charge in [0.1, 0.15) is 0 Å². The zero-order valence-corrected chi connectivity index (χ0v) is 15.2. The number of amides is 1. The van der Waals surface area contributed by atoms with E-state index in [0.717, 1.165) is 24.8 Å². The molecule has 26 heavy (non-hydrogen) atoms. The monoisotopic (exact) mass is 372 g/mol. The fourth-order valence-electron chi connectivity index (χ4n) is 3.92. The number of anilines is 1. The van der Waals surface area contributed by atoms with E-state index in [1.807, 2.05) is 34.1 Å². The Balaban J connectivity index is 1.48. The normalized spacial score (nSPS) is 19.1. The van der Waals surface area contributed by atoms with Crippen molar-refractivity contribution in [3.8, 4) is 0 Å². The van der Waals surface area contributed by atoms with Gasteiger partial charge in [-0.1, -0.05) is 30.2 Å². The second-order valence-corrected chi connectivity index (χ2v) is 7.40. The number of benzene rings is 1. The molecule has 1 saturated heterocycles. The Labute approximate surface area is 156 Å². The van der Waals surface area contributed by atoms with Gasteiger partial charge in [-0.3, -0.25) is 9.59 Å². The van der Waals surface area contributed by atoms with E-state index in [-0.39, 0.29) is 11.5 Å². The molecule has 1 aliphatic carbocycles. The number of aromatic amines is 1. The van der Waals surface area contributed by atoms with Crippen molar-refractivity contribution >= 4 is 23.3 Å². The summed E-state index contributed by atoms with van der Waals surface area (Å²) in [6.45, 7) is 2.43. The molecule has 0 bridgehead atoms. The standard InChI is InChI=1S/C19H21ClN4O2/c20-15-4-2-14(3-5-15)19(6-1-7-19)18(26)24-12-10-23(11-13-24)16-17(25)22-9-8-21-16/h2-5,8-9H,1,6-7,10-13H2,(H,22,25). The first-order valence-corrected chi connectivity index (χ1v) is 9.32. The molecule has 1 aromatic carbocycles. The van der Waals surface area contributed by atoms with Crippen LogP contribution in [-0.2, 0) is 10.2 Å². The van der Waals surface area contributed by atoms with Crippen LogP contribution in [0.3, 0.4) is 0 Å². The zero-order chi connectivity index (χ0) is 18.1. The number of hydrogen-bond donors (Lipinski definition) is 1. The van der Waals surface area contributed by atoms with Crippen molar-refractivity contribution < 1.29 is 4.79 Å². The summed E-state index contributed by atoms with van der Waals surface area (Å²) in [7, 11) is 0. The number of hydrogen-bond acceptors (Lipinski definition) is 4. The number of rotatable bonds is 3. The van der Waals surface area contributed by atoms with Crippen LogP contribution in [0.15, 0.2) is 41.5 Å². The van der Waals surface area contributed by atoms with Gasteiger partial charge in [0.15, 0.2) is 5.82 Å². The lowest BCUT2D eigenvalue weighted by molar-refractivity contribution is -0.141. The van der Waals surface area contributed by atoms with Crippen molar-refractivity contribution in [3.63, 3.8) is 0 Å². The van der Waals surface area contributed by atoms with Crippen molar-refractivity contribution in [2.45, 2.75) is 24.7 Å². The molecule has 2 aliphatic rings. The number of carbonyl (C=O) groups is 1. The van der Waals surface area contributed by atoms with Gasteiger partial charge in [-0.25, -0.2) is 4.98 Å². The van der Waals surface area contributed by atoms with Gasteiger partial charge in [0.05, 0.1) is 5.41 Å². The molecule has 136 valence electrons. The van der Waals surface area contributed by atoms with E-state index in [1.165, 1.54) is 6.20 Å². The van der Waals surface area contributed by atoms with Crippen molar-refractivity contribution in [1.29, 1.82) is 0 Å². The van der Waals surface area contributed by atoms with Gasteiger partial charge in [0.25, 0.3) is 5.56 Å². The minimum absolute atomic E-state index is 0.191. The summed E-state index contributed by atoms with van der Waals surface area (Å²) in [5, 5.41) is 0.685. The maximum atomic E-state index is 13.3. The van der Waals surface area contributed by atoms with Crippen LogP contribution in [0.25, 0.3) is 0 Å². The lowest BCUT2D eigenvalue weighted by atomic mass is 9.63. The van der Waals surface area contributed by atoms with Gasteiger partial charge >= 0.3 is 0 Å². The third-order valence-electron chi connectivity index (χ3n) is 5.57. The number of nitrogens with zero attached hydrogens (tertiary/aromatic N) is 3. The topological polar surface area (TPSA) is 69.3 Å². The molecule has 2 heterocycles. The summed E-state index contributed by atoms with van der Waals surface area (Å²) < 4.78 is 0. The van der Waals surface area contributed by atoms with Crippen LogP contribution in [-0.4, -0.2) is 47.0 Å². The molecule has 0 unspecified atom stereocenters. The maximum Gasteiger partial charge on any atom is 0.290 e. The molecule has 1 aliphatic heterocycles. The van der Waals surface area contributed by atoms with Crippen LogP contribution >= 0.6 is 11.6 Å². The number of H-pyrrole nitrogens is 1. The average Bonchev–Trinajstić information content (AvgIpc) is 2.63. The fraction of sp³-hybridized carbons (Fsp3) is 0.421. The Morgan fingerprint density at radius 2 is 1.81 bits per heavy atom. The molecule has 4 rings (SSSR count). The van der Waals surface area contributed by atoms with E-state index in [4.69, 9.17) is 11.6 Å². The zero-order valence-electron chi connectivity index (χ0n) is 14.4. The Bertz CT molecular complexity index is 852. The van der Waals surface area contributed by atoms with Crippen molar-refractivity contribution in [3.05, 3.63) is 57.6 Å². The van der Waals surface area contributed by atoms with E-state index < -0.39 is 5.41 Å². The second kappa shape index (κ2) is 6.76. The van der Waals surface area contributed by atoms with Gasteiger partial charge in [-0.05, 0) is 30.5 Å². The number of piperazine rings is 1. The third-order valence-corrected chi connectivity index (χ3v) is 5.82. The first-order chi connectivity index (χ1) is 12.6. The molecule has 1 N–H and O–H groups in total. The Kier molecular flexibility index (Phi) is 4.44. The lowest BCUT2D eigenvalue weighted by Crippen LogP contribution is -2.57. The molecule has 2 fully saturated rings. The molecule has 2 aromatic rings. The SMILES string of the molecule is O=C(N1CCN(c2ncc[nH]c2=O)CC1)C1(c2ccc(Cl)cc2)CCC1. The number of halogens is 1. The molecule has 0 atom stereocenters. The van der Waals surface area contributed by atoms with Crippen LogP contribution in [0.5, 0.6) is 0 Å². The quantitative estimate of drug-likeness (QED) is 0.896. The first kappa shape index (κ1) is 17.1. The van der Waals surface area contributed by atoms with Crippen LogP contribution in [0.4, 0.5) is 5.82 Å². The van der Waals surface area contributed by atoms with Gasteiger partial charge in [0, 0.05) is 43.6 Å². The third kappa shape index (κ3) is 2.88. The highest BCUT2D eigenvalue weighted by atomic mass is 35.5. The summed E-state index contributed by atoms with van der Waals surface area (Å²) in [5.74, 6) is 0.622. The second-order valence-electron chi connectivity index (χ2n) is 6.96. The Hall–Kier alpha value is -2.34. The van der Waals surface area contributed by atoms with Crippen LogP contribution in [0.2, 0.25) is 5.02 Å². The highest BCUT2D eigenvalue weighted by molar-refractivity contribution is 6.30. The molecular formula is C19H21ClN4O2. The predicted molar refractivity (Wildman–Crippen MR) is 101 cm³/mol. The summed E-state index contributed by atoms with van der Waals surface area (Å²) in [4.78, 5) is 35.9. The van der Waals surface area contributed by atoms with Crippen LogP contribution in [0, 0.1) is 0 Å². The number of aromatic nitrogens is 2. The number of carbonyl (C=O) groups excluding carboxylic acids is 1. The fourth-order valence-corrected chi connectivity index (χ4v) is 4.04. The van der Waals surface area contributed by atoms with Crippen LogP contribution in [0.1, 0.15) is 24.8 Å².